The molecule has 18 heavy (non-hydrogen) atoms. The fourth-order valence-electron chi connectivity index (χ4n) is 1.90. The van der Waals surface area contributed by atoms with Crippen molar-refractivity contribution in [2.75, 3.05) is 6.54 Å². The van der Waals surface area contributed by atoms with E-state index in [4.69, 9.17) is 0 Å². The van der Waals surface area contributed by atoms with Crippen LogP contribution in [0.2, 0.25) is 0 Å². The summed E-state index contributed by atoms with van der Waals surface area (Å²) in [6, 6.07) is 7.09. The molecule has 1 fully saturated rings. The highest BCUT2D eigenvalue weighted by Gasteiger charge is 2.23. The van der Waals surface area contributed by atoms with Crippen molar-refractivity contribution < 1.29 is 4.79 Å². The Hall–Kier alpha value is -1.35. The van der Waals surface area contributed by atoms with Crippen LogP contribution in [-0.2, 0) is 4.79 Å². The van der Waals surface area contributed by atoms with Crippen LogP contribution >= 0.6 is 0 Å². The van der Waals surface area contributed by atoms with Crippen molar-refractivity contribution in [2.24, 2.45) is 0 Å². The minimum absolute atomic E-state index is 0.105. The van der Waals surface area contributed by atoms with Crippen molar-refractivity contribution in [3.63, 3.8) is 0 Å². The van der Waals surface area contributed by atoms with Crippen LogP contribution in [0.1, 0.15) is 42.5 Å². The van der Waals surface area contributed by atoms with Gasteiger partial charge in [0.15, 0.2) is 0 Å². The molecule has 0 bridgehead atoms. The highest BCUT2D eigenvalue weighted by Crippen LogP contribution is 2.18. The van der Waals surface area contributed by atoms with E-state index in [1.165, 1.54) is 16.7 Å². The molecule has 2 rings (SSSR count). The van der Waals surface area contributed by atoms with Gasteiger partial charge in [-0.25, -0.2) is 0 Å². The molecule has 98 valence electrons. The predicted octanol–water partition coefficient (Wildman–Crippen LogP) is 2.23. The Morgan fingerprint density at radius 2 is 2.06 bits per heavy atom. The van der Waals surface area contributed by atoms with Gasteiger partial charge in [-0.3, -0.25) is 4.79 Å². The second kappa shape index (κ2) is 5.53. The quantitative estimate of drug-likeness (QED) is 0.836. The van der Waals surface area contributed by atoms with Gasteiger partial charge in [-0.15, -0.1) is 0 Å². The fraction of sp³-hybridized carbons (Fsp3) is 0.533. The predicted molar refractivity (Wildman–Crippen MR) is 73.5 cm³/mol. The number of rotatable bonds is 5. The Bertz CT molecular complexity index is 438. The molecule has 3 heteroatoms. The number of nitrogens with one attached hydrogen (secondary N) is 2. The molecular weight excluding hydrogens is 224 g/mol. The topological polar surface area (TPSA) is 41.1 Å². The van der Waals surface area contributed by atoms with Gasteiger partial charge < -0.3 is 10.6 Å². The van der Waals surface area contributed by atoms with Crippen molar-refractivity contribution in [3.05, 3.63) is 34.9 Å². The summed E-state index contributed by atoms with van der Waals surface area (Å²) >= 11 is 0. The van der Waals surface area contributed by atoms with Gasteiger partial charge in [0, 0.05) is 12.1 Å². The molecule has 0 spiro atoms. The normalized spacial score (nSPS) is 16.4. The van der Waals surface area contributed by atoms with Gasteiger partial charge in [-0.05, 0) is 50.3 Å². The molecule has 0 saturated heterocycles. The maximum absolute atomic E-state index is 11.6. The molecular formula is C15H22N2O. The summed E-state index contributed by atoms with van der Waals surface area (Å²) in [6.07, 6.45) is 2.27. The summed E-state index contributed by atoms with van der Waals surface area (Å²) in [5.41, 5.74) is 3.83. The molecule has 1 unspecified atom stereocenters. The minimum Gasteiger partial charge on any atom is -0.352 e. The first-order valence-corrected chi connectivity index (χ1v) is 6.66. The number of aryl methyl sites for hydroxylation is 2. The van der Waals surface area contributed by atoms with E-state index in [0.717, 1.165) is 12.8 Å². The average molecular weight is 246 g/mol. The molecule has 2 N–H and O–H groups in total. The number of hydrogen-bond acceptors (Lipinski definition) is 2. The third-order valence-corrected chi connectivity index (χ3v) is 3.54. The number of amides is 1. The zero-order chi connectivity index (χ0) is 13.1. The zero-order valence-corrected chi connectivity index (χ0v) is 11.4. The first-order valence-electron chi connectivity index (χ1n) is 6.66. The van der Waals surface area contributed by atoms with E-state index in [1.807, 2.05) is 0 Å². The number of hydrogen-bond donors (Lipinski definition) is 2. The van der Waals surface area contributed by atoms with Crippen LogP contribution in [0, 0.1) is 13.8 Å². The number of carbonyl (C=O) groups excluding carboxylic acids is 1. The van der Waals surface area contributed by atoms with Crippen LogP contribution in [-0.4, -0.2) is 18.5 Å². The number of benzene rings is 1. The molecule has 1 atom stereocenters. The molecule has 1 amide bonds. The van der Waals surface area contributed by atoms with E-state index in [9.17, 15) is 4.79 Å². The molecule has 1 saturated carbocycles. The third-order valence-electron chi connectivity index (χ3n) is 3.54. The molecule has 1 aromatic rings. The minimum atomic E-state index is 0.105. The van der Waals surface area contributed by atoms with Crippen LogP contribution in [0.25, 0.3) is 0 Å². The Labute approximate surface area is 109 Å². The highest BCUT2D eigenvalue weighted by atomic mass is 16.2. The summed E-state index contributed by atoms with van der Waals surface area (Å²) in [7, 11) is 0. The molecule has 1 aliphatic carbocycles. The molecule has 1 aromatic carbocycles. The lowest BCUT2D eigenvalue weighted by Crippen LogP contribution is -2.36. The number of carbonyl (C=O) groups is 1. The summed E-state index contributed by atoms with van der Waals surface area (Å²) in [5, 5.41) is 6.25. The van der Waals surface area contributed by atoms with Crippen LogP contribution in [0.3, 0.4) is 0 Å². The molecule has 1 aliphatic rings. The SMILES string of the molecule is Cc1ccc(C(C)NCC(=O)NC2CC2)cc1C. The Morgan fingerprint density at radius 1 is 1.33 bits per heavy atom. The second-order valence-electron chi connectivity index (χ2n) is 5.29. The van der Waals surface area contributed by atoms with Gasteiger partial charge in [0.2, 0.25) is 5.91 Å². The first kappa shape index (κ1) is 13.1. The Kier molecular flexibility index (Phi) is 4.02. The molecule has 0 aliphatic heterocycles. The maximum Gasteiger partial charge on any atom is 0.234 e. The maximum atomic E-state index is 11.6. The van der Waals surface area contributed by atoms with Crippen molar-refractivity contribution in [1.82, 2.24) is 10.6 Å². The van der Waals surface area contributed by atoms with E-state index >= 15 is 0 Å². The van der Waals surface area contributed by atoms with Crippen LogP contribution < -0.4 is 10.6 Å². The van der Waals surface area contributed by atoms with E-state index < -0.39 is 0 Å². The molecule has 3 nitrogen and oxygen atoms in total. The largest absolute Gasteiger partial charge is 0.352 e. The summed E-state index contributed by atoms with van der Waals surface area (Å²) in [5.74, 6) is 0.105. The van der Waals surface area contributed by atoms with Crippen LogP contribution in [0.15, 0.2) is 18.2 Å². The van der Waals surface area contributed by atoms with Gasteiger partial charge in [0.25, 0.3) is 0 Å². The van der Waals surface area contributed by atoms with Crippen molar-refractivity contribution in [2.45, 2.75) is 45.7 Å². The summed E-state index contributed by atoms with van der Waals surface area (Å²) in [6.45, 7) is 6.71. The van der Waals surface area contributed by atoms with Crippen molar-refractivity contribution in [1.29, 1.82) is 0 Å². The smallest absolute Gasteiger partial charge is 0.234 e. The molecule has 0 heterocycles. The molecule has 0 radical (unpaired) electrons. The second-order valence-corrected chi connectivity index (χ2v) is 5.29. The van der Waals surface area contributed by atoms with Gasteiger partial charge in [-0.1, -0.05) is 18.2 Å². The van der Waals surface area contributed by atoms with E-state index in [-0.39, 0.29) is 11.9 Å². The Morgan fingerprint density at radius 3 is 2.67 bits per heavy atom. The van der Waals surface area contributed by atoms with Crippen LogP contribution in [0.5, 0.6) is 0 Å². The highest BCUT2D eigenvalue weighted by molar-refractivity contribution is 5.78. The summed E-state index contributed by atoms with van der Waals surface area (Å²) in [4.78, 5) is 11.6. The van der Waals surface area contributed by atoms with E-state index in [1.54, 1.807) is 0 Å². The van der Waals surface area contributed by atoms with E-state index in [2.05, 4.69) is 49.6 Å². The zero-order valence-electron chi connectivity index (χ0n) is 11.4. The fourth-order valence-corrected chi connectivity index (χ4v) is 1.90. The van der Waals surface area contributed by atoms with Gasteiger partial charge in [0.1, 0.15) is 0 Å². The lowest BCUT2D eigenvalue weighted by Gasteiger charge is -2.15. The van der Waals surface area contributed by atoms with Gasteiger partial charge in [-0.2, -0.15) is 0 Å². The van der Waals surface area contributed by atoms with E-state index in [0.29, 0.717) is 12.6 Å². The summed E-state index contributed by atoms with van der Waals surface area (Å²) < 4.78 is 0. The monoisotopic (exact) mass is 246 g/mol. The standard InChI is InChI=1S/C15H22N2O/c1-10-4-5-13(8-11(10)2)12(3)16-9-15(18)17-14-6-7-14/h4-5,8,12,14,16H,6-7,9H2,1-3H3,(H,17,18). The van der Waals surface area contributed by atoms with Crippen LogP contribution in [0.4, 0.5) is 0 Å². The lowest BCUT2D eigenvalue weighted by atomic mass is 10.0. The average Bonchev–Trinajstić information content (AvgIpc) is 3.13. The third kappa shape index (κ3) is 3.57. The first-order chi connectivity index (χ1) is 8.56. The van der Waals surface area contributed by atoms with Crippen molar-refractivity contribution in [3.8, 4) is 0 Å². The lowest BCUT2D eigenvalue weighted by molar-refractivity contribution is -0.120. The Balaban J connectivity index is 1.84. The molecule has 0 aromatic heterocycles. The van der Waals surface area contributed by atoms with Gasteiger partial charge in [0.05, 0.1) is 6.54 Å². The van der Waals surface area contributed by atoms with Crippen molar-refractivity contribution >= 4 is 5.91 Å². The van der Waals surface area contributed by atoms with Gasteiger partial charge >= 0.3 is 0 Å².